The molecule has 0 bridgehead atoms. The zero-order valence-corrected chi connectivity index (χ0v) is 18.3. The van der Waals surface area contributed by atoms with E-state index < -0.39 is 5.91 Å². The monoisotopic (exact) mass is 466 g/mol. The molecule has 1 fully saturated rings. The highest BCUT2D eigenvalue weighted by atomic mass is 35.5. The third-order valence-electron chi connectivity index (χ3n) is 5.43. The van der Waals surface area contributed by atoms with Gasteiger partial charge in [-0.15, -0.1) is 0 Å². The molecule has 168 valence electrons. The summed E-state index contributed by atoms with van der Waals surface area (Å²) in [5.41, 5.74) is 7.53. The fraction of sp³-hybridized carbons (Fsp3) is 0.238. The zero-order chi connectivity index (χ0) is 23.1. The normalized spacial score (nSPS) is 16.3. The second-order valence-electron chi connectivity index (χ2n) is 7.56. The van der Waals surface area contributed by atoms with Gasteiger partial charge in [0.05, 0.1) is 11.4 Å². The molecule has 4 heterocycles. The number of oxazole rings is 1. The molecule has 0 aliphatic carbocycles. The molecule has 1 atom stereocenters. The third kappa shape index (κ3) is 3.76. The second-order valence-corrected chi connectivity index (χ2v) is 8.00. The summed E-state index contributed by atoms with van der Waals surface area (Å²) in [4.78, 5) is 39.6. The maximum Gasteiger partial charge on any atom is 0.302 e. The first-order valence-corrected chi connectivity index (χ1v) is 10.6. The fourth-order valence-corrected chi connectivity index (χ4v) is 4.08. The molecular formula is C21H19ClN8O3. The largest absolute Gasteiger partial charge is 0.423 e. The van der Waals surface area contributed by atoms with Crippen LogP contribution >= 0.6 is 11.6 Å². The average Bonchev–Trinajstić information content (AvgIpc) is 3.50. The quantitative estimate of drug-likeness (QED) is 0.436. The highest BCUT2D eigenvalue weighted by molar-refractivity contribution is 6.31. The Morgan fingerprint density at radius 2 is 2.18 bits per heavy atom. The summed E-state index contributed by atoms with van der Waals surface area (Å²) in [6.07, 6.45) is 5.21. The number of likely N-dealkylation sites (tertiary alicyclic amines) is 1. The predicted octanol–water partition coefficient (Wildman–Crippen LogP) is 2.80. The van der Waals surface area contributed by atoms with Crippen LogP contribution in [-0.4, -0.2) is 54.5 Å². The van der Waals surface area contributed by atoms with Crippen molar-refractivity contribution in [2.24, 2.45) is 0 Å². The summed E-state index contributed by atoms with van der Waals surface area (Å²) in [6.45, 7) is 2.81. The molecule has 3 N–H and O–H groups in total. The molecule has 11 nitrogen and oxygen atoms in total. The van der Waals surface area contributed by atoms with Gasteiger partial charge in [-0.3, -0.25) is 14.9 Å². The van der Waals surface area contributed by atoms with Gasteiger partial charge in [-0.2, -0.15) is 10.1 Å². The maximum atomic E-state index is 13.1. The Kier molecular flexibility index (Phi) is 5.17. The Labute approximate surface area is 192 Å². The number of fused-ring (bicyclic) bond motifs is 2. The van der Waals surface area contributed by atoms with Gasteiger partial charge in [0, 0.05) is 18.1 Å². The van der Waals surface area contributed by atoms with Gasteiger partial charge in [0.2, 0.25) is 5.91 Å². The van der Waals surface area contributed by atoms with Crippen LogP contribution in [0.15, 0.2) is 41.1 Å². The molecule has 3 aromatic heterocycles. The van der Waals surface area contributed by atoms with E-state index in [2.05, 4.69) is 25.4 Å². The Hall–Kier alpha value is -3.99. The van der Waals surface area contributed by atoms with Gasteiger partial charge in [-0.1, -0.05) is 17.7 Å². The number of hydrogen-bond acceptors (Lipinski definition) is 8. The van der Waals surface area contributed by atoms with E-state index in [1.807, 2.05) is 0 Å². The first-order valence-electron chi connectivity index (χ1n) is 10.2. The Morgan fingerprint density at radius 3 is 3.00 bits per heavy atom. The van der Waals surface area contributed by atoms with Crippen LogP contribution in [0.2, 0.25) is 5.02 Å². The number of halogens is 1. The van der Waals surface area contributed by atoms with E-state index in [4.69, 9.17) is 21.8 Å². The molecular weight excluding hydrogens is 448 g/mol. The van der Waals surface area contributed by atoms with Crippen LogP contribution in [0, 0.1) is 0 Å². The van der Waals surface area contributed by atoms with Crippen molar-refractivity contribution in [3.63, 3.8) is 0 Å². The van der Waals surface area contributed by atoms with E-state index in [9.17, 15) is 9.59 Å². The summed E-state index contributed by atoms with van der Waals surface area (Å²) in [7, 11) is 0. The van der Waals surface area contributed by atoms with E-state index in [1.165, 1.54) is 12.4 Å². The number of nitrogens with one attached hydrogen (secondary N) is 1. The predicted molar refractivity (Wildman–Crippen MR) is 122 cm³/mol. The zero-order valence-electron chi connectivity index (χ0n) is 17.5. The number of anilines is 2. The van der Waals surface area contributed by atoms with E-state index >= 15 is 0 Å². The minimum atomic E-state index is -0.572. The molecule has 0 spiro atoms. The number of rotatable bonds is 4. The number of aromatic nitrogens is 5. The lowest BCUT2D eigenvalue weighted by atomic mass is 10.2. The number of nitrogens with zero attached hydrogens (tertiary/aromatic N) is 6. The van der Waals surface area contributed by atoms with Crippen LogP contribution in [-0.2, 0) is 4.79 Å². The van der Waals surface area contributed by atoms with Crippen molar-refractivity contribution >= 4 is 57.4 Å². The molecule has 1 unspecified atom stereocenters. The highest BCUT2D eigenvalue weighted by Gasteiger charge is 2.31. The summed E-state index contributed by atoms with van der Waals surface area (Å²) < 4.78 is 7.21. The minimum absolute atomic E-state index is 0.000575. The van der Waals surface area contributed by atoms with Crippen molar-refractivity contribution in [1.82, 2.24) is 29.6 Å². The molecule has 2 amide bonds. The summed E-state index contributed by atoms with van der Waals surface area (Å²) in [5.74, 6) is -0.516. The maximum absolute atomic E-state index is 13.1. The summed E-state index contributed by atoms with van der Waals surface area (Å²) in [5, 5.41) is 7.95. The molecule has 1 aliphatic rings. The van der Waals surface area contributed by atoms with Gasteiger partial charge in [0.25, 0.3) is 5.91 Å². The van der Waals surface area contributed by atoms with Crippen molar-refractivity contribution in [1.29, 1.82) is 0 Å². The molecule has 0 saturated carbocycles. The average molecular weight is 467 g/mol. The van der Waals surface area contributed by atoms with Gasteiger partial charge in [0.15, 0.2) is 16.9 Å². The fourth-order valence-electron chi connectivity index (χ4n) is 3.91. The van der Waals surface area contributed by atoms with Crippen molar-refractivity contribution in [2.45, 2.75) is 19.4 Å². The van der Waals surface area contributed by atoms with Crippen LogP contribution in [0.25, 0.3) is 22.1 Å². The van der Waals surface area contributed by atoms with Crippen LogP contribution in [0.4, 0.5) is 11.8 Å². The smallest absolute Gasteiger partial charge is 0.302 e. The number of allylic oxidation sites excluding steroid dienone is 1. The molecule has 1 aliphatic heterocycles. The molecule has 1 aromatic carbocycles. The standard InChI is InChI=1S/C21H19ClN8O3/c1-2-3-15(31)29-7-6-12(9-29)30-19-16(18(23)24-10-25-19)17(28-30)20(32)27-21-26-13-8-11(22)4-5-14(13)33-21/h2-5,8,10,12H,6-7,9H2,1H3,(H2,23,24,25)(H,26,27,32). The van der Waals surface area contributed by atoms with E-state index in [0.29, 0.717) is 46.7 Å². The van der Waals surface area contributed by atoms with E-state index in [1.54, 1.807) is 40.8 Å². The molecule has 12 heteroatoms. The molecule has 1 saturated heterocycles. The van der Waals surface area contributed by atoms with Crippen molar-refractivity contribution in [3.05, 3.63) is 47.4 Å². The lowest BCUT2D eigenvalue weighted by Gasteiger charge is -2.14. The summed E-state index contributed by atoms with van der Waals surface area (Å²) in [6, 6.07) is 4.80. The summed E-state index contributed by atoms with van der Waals surface area (Å²) >= 11 is 5.99. The topological polar surface area (TPSA) is 145 Å². The van der Waals surface area contributed by atoms with Gasteiger partial charge >= 0.3 is 6.01 Å². The van der Waals surface area contributed by atoms with Gasteiger partial charge < -0.3 is 15.1 Å². The third-order valence-corrected chi connectivity index (χ3v) is 5.67. The molecule has 5 rings (SSSR count). The Balaban J connectivity index is 1.48. The SMILES string of the molecule is CC=CC(=O)N1CCC(n2nc(C(=O)Nc3nc4cc(Cl)ccc4o3)c3c(N)ncnc32)C1. The van der Waals surface area contributed by atoms with Crippen molar-refractivity contribution in [3.8, 4) is 0 Å². The molecule has 4 aromatic rings. The lowest BCUT2D eigenvalue weighted by Crippen LogP contribution is -2.27. The number of carbonyl (C=O) groups is 2. The Bertz CT molecular complexity index is 1430. The lowest BCUT2D eigenvalue weighted by molar-refractivity contribution is -0.125. The number of hydrogen-bond donors (Lipinski definition) is 2. The number of nitrogens with two attached hydrogens (primary N) is 1. The number of carbonyl (C=O) groups excluding carboxylic acids is 2. The number of amides is 2. The van der Waals surface area contributed by atoms with Crippen molar-refractivity contribution in [2.75, 3.05) is 24.1 Å². The first-order chi connectivity index (χ1) is 15.9. The van der Waals surface area contributed by atoms with Gasteiger partial charge in [-0.05, 0) is 37.6 Å². The van der Waals surface area contributed by atoms with Crippen LogP contribution in [0.1, 0.15) is 29.9 Å². The van der Waals surface area contributed by atoms with E-state index in [0.717, 1.165) is 0 Å². The van der Waals surface area contributed by atoms with Gasteiger partial charge in [-0.25, -0.2) is 14.6 Å². The van der Waals surface area contributed by atoms with Gasteiger partial charge in [0.1, 0.15) is 17.7 Å². The number of benzene rings is 1. The second kappa shape index (κ2) is 8.17. The molecule has 0 radical (unpaired) electrons. The van der Waals surface area contributed by atoms with Crippen LogP contribution in [0.5, 0.6) is 0 Å². The van der Waals surface area contributed by atoms with E-state index in [-0.39, 0.29) is 29.5 Å². The number of nitrogen functional groups attached to an aromatic ring is 1. The Morgan fingerprint density at radius 1 is 1.33 bits per heavy atom. The van der Waals surface area contributed by atoms with Crippen molar-refractivity contribution < 1.29 is 14.0 Å². The molecule has 33 heavy (non-hydrogen) atoms. The van der Waals surface area contributed by atoms with Crippen LogP contribution < -0.4 is 11.1 Å². The highest BCUT2D eigenvalue weighted by Crippen LogP contribution is 2.29. The van der Waals surface area contributed by atoms with Crippen LogP contribution in [0.3, 0.4) is 0 Å². The minimum Gasteiger partial charge on any atom is -0.423 e. The first kappa shape index (κ1) is 20.9.